The van der Waals surface area contributed by atoms with E-state index in [4.69, 9.17) is 9.47 Å². The maximum atomic E-state index is 13.2. The predicted octanol–water partition coefficient (Wildman–Crippen LogP) is 3.34. The number of methoxy groups -OCH3 is 1. The van der Waals surface area contributed by atoms with Gasteiger partial charge in [-0.2, -0.15) is 0 Å². The van der Waals surface area contributed by atoms with Crippen LogP contribution in [0.3, 0.4) is 0 Å². The molecule has 2 fully saturated rings. The van der Waals surface area contributed by atoms with Crippen molar-refractivity contribution in [2.24, 2.45) is 0 Å². The average Bonchev–Trinajstić information content (AvgIpc) is 3.10. The van der Waals surface area contributed by atoms with Gasteiger partial charge in [-0.05, 0) is 35.1 Å². The summed E-state index contributed by atoms with van der Waals surface area (Å²) in [5.74, 6) is 11.1. The minimum Gasteiger partial charge on any atom is -0.478 e. The van der Waals surface area contributed by atoms with Crippen molar-refractivity contribution in [3.05, 3.63) is 127 Å². The van der Waals surface area contributed by atoms with Gasteiger partial charge in [-0.25, -0.2) is 0 Å². The lowest BCUT2D eigenvalue weighted by Crippen LogP contribution is -2.71. The van der Waals surface area contributed by atoms with E-state index in [9.17, 15) is 19.8 Å². The van der Waals surface area contributed by atoms with E-state index in [0.29, 0.717) is 16.9 Å². The number of aliphatic hydroxyl groups is 2. The third-order valence-corrected chi connectivity index (χ3v) is 8.18. The molecule has 0 aromatic heterocycles. The van der Waals surface area contributed by atoms with Crippen LogP contribution in [0.5, 0.6) is 5.75 Å². The molecule has 2 N–H and O–H groups in total. The summed E-state index contributed by atoms with van der Waals surface area (Å²) in [5, 5.41) is 22.6. The lowest BCUT2D eigenvalue weighted by atomic mass is 9.86. The van der Waals surface area contributed by atoms with Gasteiger partial charge in [-0.15, -0.1) is 11.5 Å². The normalized spacial score (nSPS) is 20.8. The van der Waals surface area contributed by atoms with Gasteiger partial charge in [0.2, 0.25) is 0 Å². The third-order valence-electron chi connectivity index (χ3n) is 8.18. The summed E-state index contributed by atoms with van der Waals surface area (Å²) in [6.07, 6.45) is -4.01. The Morgan fingerprint density at radius 2 is 1.11 bits per heavy atom. The number of benzene rings is 3. The summed E-state index contributed by atoms with van der Waals surface area (Å²) in [5.41, 5.74) is 7.99. The molecule has 0 unspecified atom stereocenters. The maximum Gasteiger partial charge on any atom is 0.267 e. The Labute approximate surface area is 274 Å². The first-order chi connectivity index (χ1) is 22.9. The first-order valence-electron chi connectivity index (χ1n) is 15.0. The SMILES string of the molecule is C=C=C(c1ccccc1)[C@@H](O)[C@H]1[C@@H](OC)C(=O)N1CC#CC#CCN1C(=O)[C@H](Oc2ccccc2)[C@@H]1[C@H](O)C(=C=C)c1ccccc1. The number of nitrogens with zero attached hydrogens (tertiary/aromatic N) is 2. The number of hydrogen-bond acceptors (Lipinski definition) is 6. The highest BCUT2D eigenvalue weighted by molar-refractivity contribution is 5.91. The second-order valence-electron chi connectivity index (χ2n) is 10.8. The second kappa shape index (κ2) is 15.1. The molecule has 8 heteroatoms. The van der Waals surface area contributed by atoms with Crippen molar-refractivity contribution in [3.8, 4) is 29.4 Å². The van der Waals surface area contributed by atoms with Crippen LogP contribution >= 0.6 is 0 Å². The molecule has 0 bridgehead atoms. The summed E-state index contributed by atoms with van der Waals surface area (Å²) >= 11 is 0. The zero-order valence-electron chi connectivity index (χ0n) is 25.9. The molecular weight excluding hydrogens is 592 g/mol. The molecule has 3 aromatic rings. The molecule has 6 atom stereocenters. The van der Waals surface area contributed by atoms with Crippen molar-refractivity contribution in [2.45, 2.75) is 36.5 Å². The summed E-state index contributed by atoms with van der Waals surface area (Å²) in [6.45, 7) is 7.48. The number of para-hydroxylation sites is 1. The van der Waals surface area contributed by atoms with Crippen molar-refractivity contribution in [1.82, 2.24) is 9.80 Å². The van der Waals surface area contributed by atoms with Crippen LogP contribution < -0.4 is 4.74 Å². The van der Waals surface area contributed by atoms with Gasteiger partial charge >= 0.3 is 0 Å². The molecule has 2 saturated heterocycles. The van der Waals surface area contributed by atoms with Gasteiger partial charge < -0.3 is 29.5 Å². The summed E-state index contributed by atoms with van der Waals surface area (Å²) in [4.78, 5) is 28.8. The Hall–Kier alpha value is -5.56. The molecule has 2 amide bonds. The van der Waals surface area contributed by atoms with Gasteiger partial charge in [0.05, 0.1) is 19.1 Å². The van der Waals surface area contributed by atoms with Crippen LogP contribution in [0.4, 0.5) is 0 Å². The number of amides is 2. The summed E-state index contributed by atoms with van der Waals surface area (Å²) in [7, 11) is 1.42. The van der Waals surface area contributed by atoms with Crippen LogP contribution in [0.15, 0.2) is 116 Å². The van der Waals surface area contributed by atoms with E-state index in [1.165, 1.54) is 16.9 Å². The van der Waals surface area contributed by atoms with Crippen LogP contribution in [-0.4, -0.2) is 88.5 Å². The number of aliphatic hydroxyl groups excluding tert-OH is 2. The lowest BCUT2D eigenvalue weighted by Gasteiger charge is -2.47. The van der Waals surface area contributed by atoms with Gasteiger partial charge in [0.25, 0.3) is 11.8 Å². The molecule has 3 aromatic carbocycles. The Balaban J connectivity index is 1.28. The van der Waals surface area contributed by atoms with Crippen LogP contribution in [-0.2, 0) is 14.3 Å². The van der Waals surface area contributed by atoms with Gasteiger partial charge in [0.1, 0.15) is 24.0 Å². The molecular formula is C39H34N2O6. The van der Waals surface area contributed by atoms with E-state index in [-0.39, 0.29) is 24.9 Å². The molecule has 2 heterocycles. The summed E-state index contributed by atoms with van der Waals surface area (Å²) in [6, 6.07) is 25.9. The Bertz CT molecular complexity index is 1820. The predicted molar refractivity (Wildman–Crippen MR) is 178 cm³/mol. The van der Waals surface area contributed by atoms with Gasteiger partial charge in [-0.3, -0.25) is 9.59 Å². The summed E-state index contributed by atoms with van der Waals surface area (Å²) < 4.78 is 11.3. The van der Waals surface area contributed by atoms with E-state index in [1.807, 2.05) is 66.7 Å². The molecule has 0 saturated carbocycles. The molecule has 8 nitrogen and oxygen atoms in total. The Morgan fingerprint density at radius 3 is 1.53 bits per heavy atom. The lowest BCUT2D eigenvalue weighted by molar-refractivity contribution is -0.175. The van der Waals surface area contributed by atoms with E-state index in [0.717, 1.165) is 11.1 Å². The maximum absolute atomic E-state index is 13.2. The highest BCUT2D eigenvalue weighted by atomic mass is 16.5. The molecule has 2 aliphatic heterocycles. The van der Waals surface area contributed by atoms with E-state index in [2.05, 4.69) is 48.3 Å². The Kier molecular flexibility index (Phi) is 10.6. The molecule has 47 heavy (non-hydrogen) atoms. The molecule has 236 valence electrons. The highest BCUT2D eigenvalue weighted by Gasteiger charge is 2.54. The number of carbonyl (C=O) groups is 2. The smallest absolute Gasteiger partial charge is 0.267 e. The Morgan fingerprint density at radius 1 is 0.702 bits per heavy atom. The largest absolute Gasteiger partial charge is 0.478 e. The van der Waals surface area contributed by atoms with Gasteiger partial charge in [-0.1, -0.05) is 104 Å². The zero-order chi connectivity index (χ0) is 33.3. The number of β-lactam (4-membered cyclic amide) rings is 2. The van der Waals surface area contributed by atoms with Crippen molar-refractivity contribution in [2.75, 3.05) is 20.2 Å². The molecule has 0 aliphatic carbocycles. The third kappa shape index (κ3) is 6.84. The van der Waals surface area contributed by atoms with E-state index >= 15 is 0 Å². The molecule has 0 radical (unpaired) electrons. The highest BCUT2D eigenvalue weighted by Crippen LogP contribution is 2.33. The van der Waals surface area contributed by atoms with Crippen LogP contribution in [0.1, 0.15) is 11.1 Å². The minimum atomic E-state index is -1.14. The molecule has 5 rings (SSSR count). The fourth-order valence-corrected chi connectivity index (χ4v) is 5.79. The van der Waals surface area contributed by atoms with Crippen LogP contribution in [0.2, 0.25) is 0 Å². The molecule has 0 spiro atoms. The van der Waals surface area contributed by atoms with Crippen LogP contribution in [0, 0.1) is 23.7 Å². The fourth-order valence-electron chi connectivity index (χ4n) is 5.79. The van der Waals surface area contributed by atoms with Gasteiger partial charge in [0, 0.05) is 18.3 Å². The van der Waals surface area contributed by atoms with Crippen molar-refractivity contribution in [3.63, 3.8) is 0 Å². The standard InChI is InChI=1S/C39H34N2O6/c1-4-30(27-19-11-8-12-20-27)34(42)32-36(46-3)38(44)40(32)25-17-6-7-18-26-41-33(35(43)31(5-2)28-21-13-9-14-22-28)37(39(41)45)47-29-23-15-10-16-24-29/h8-16,19-24,32-37,42-43H,1-2,25-26H2,3H3/t32-,33-,34+,35+,36+,37+/m0/s1. The minimum absolute atomic E-state index is 0.00977. The number of carbonyl (C=O) groups excluding carboxylic acids is 2. The van der Waals surface area contributed by atoms with Crippen LogP contribution in [0.25, 0.3) is 11.1 Å². The van der Waals surface area contributed by atoms with E-state index < -0.39 is 36.5 Å². The topological polar surface area (TPSA) is 99.5 Å². The number of likely N-dealkylation sites (tertiary alicyclic amines) is 2. The first-order valence-corrected chi connectivity index (χ1v) is 15.0. The monoisotopic (exact) mass is 626 g/mol. The first kappa shape index (κ1) is 32.8. The van der Waals surface area contributed by atoms with E-state index in [1.54, 1.807) is 24.3 Å². The van der Waals surface area contributed by atoms with Crippen molar-refractivity contribution < 1.29 is 29.3 Å². The number of ether oxygens (including phenoxy) is 2. The second-order valence-corrected chi connectivity index (χ2v) is 10.8. The quantitative estimate of drug-likeness (QED) is 0.193. The average molecular weight is 627 g/mol. The van der Waals surface area contributed by atoms with Crippen molar-refractivity contribution >= 4 is 23.0 Å². The number of hydrogen-bond donors (Lipinski definition) is 2. The molecule has 2 aliphatic rings. The number of rotatable bonds is 11. The van der Waals surface area contributed by atoms with Gasteiger partial charge in [0.15, 0.2) is 12.2 Å². The zero-order valence-corrected chi connectivity index (χ0v) is 25.9. The van der Waals surface area contributed by atoms with Crippen molar-refractivity contribution in [1.29, 1.82) is 0 Å². The fraction of sp³-hybridized carbons (Fsp3) is 0.231.